The molecule has 0 aliphatic rings. The summed E-state index contributed by atoms with van der Waals surface area (Å²) in [5, 5.41) is 1.47. The molecule has 5 nitrogen and oxygen atoms in total. The first-order valence-electron chi connectivity index (χ1n) is 7.44. The van der Waals surface area contributed by atoms with Crippen molar-refractivity contribution in [3.05, 3.63) is 35.1 Å². The summed E-state index contributed by atoms with van der Waals surface area (Å²) in [4.78, 5) is 13.9. The van der Waals surface area contributed by atoms with Crippen molar-refractivity contribution in [3.63, 3.8) is 0 Å². The van der Waals surface area contributed by atoms with Gasteiger partial charge in [0.2, 0.25) is 0 Å². The number of nitrogens with two attached hydrogens (primary N) is 1. The van der Waals surface area contributed by atoms with Crippen LogP contribution in [-0.2, 0) is 6.54 Å². The number of rotatable bonds is 5. The van der Waals surface area contributed by atoms with E-state index in [1.807, 2.05) is 29.7 Å². The monoisotopic (exact) mass is 357 g/mol. The molecule has 0 amide bonds. The van der Waals surface area contributed by atoms with Crippen molar-refractivity contribution in [2.45, 2.75) is 36.4 Å². The van der Waals surface area contributed by atoms with Gasteiger partial charge in [0.15, 0.2) is 22.1 Å². The Labute approximate surface area is 149 Å². The van der Waals surface area contributed by atoms with Gasteiger partial charge in [-0.25, -0.2) is 15.0 Å². The minimum atomic E-state index is 0.368. The van der Waals surface area contributed by atoms with Crippen LogP contribution in [0, 0.1) is 19.3 Å². The van der Waals surface area contributed by atoms with Crippen molar-refractivity contribution in [2.75, 3.05) is 5.73 Å². The molecule has 3 aromatic rings. The van der Waals surface area contributed by atoms with Crippen LogP contribution in [-0.4, -0.2) is 19.5 Å². The molecular formula is C17H16ClN5S. The van der Waals surface area contributed by atoms with Crippen LogP contribution in [0.15, 0.2) is 34.6 Å². The summed E-state index contributed by atoms with van der Waals surface area (Å²) >= 11 is 7.81. The number of hydrogen-bond donors (Lipinski definition) is 1. The summed E-state index contributed by atoms with van der Waals surface area (Å²) in [5.74, 6) is 3.02. The van der Waals surface area contributed by atoms with Crippen molar-refractivity contribution in [3.8, 4) is 12.3 Å². The van der Waals surface area contributed by atoms with E-state index in [0.717, 1.165) is 22.0 Å². The van der Waals surface area contributed by atoms with E-state index >= 15 is 0 Å². The summed E-state index contributed by atoms with van der Waals surface area (Å²) in [6, 6.07) is 5.90. The first-order chi connectivity index (χ1) is 11.6. The molecule has 0 aliphatic heterocycles. The summed E-state index contributed by atoms with van der Waals surface area (Å²) < 4.78 is 2.02. The van der Waals surface area contributed by atoms with E-state index in [4.69, 9.17) is 23.8 Å². The van der Waals surface area contributed by atoms with Gasteiger partial charge in [-0.3, -0.25) is 0 Å². The highest BCUT2D eigenvalue weighted by Gasteiger charge is 2.16. The number of benzene rings is 1. The number of halogens is 1. The molecule has 122 valence electrons. The number of aryl methyl sites for hydroxylation is 2. The number of unbranched alkanes of at least 4 members (excludes halogenated alkanes) is 1. The average molecular weight is 358 g/mol. The summed E-state index contributed by atoms with van der Waals surface area (Å²) in [7, 11) is 0. The summed E-state index contributed by atoms with van der Waals surface area (Å²) in [6.07, 6.45) is 8.33. The topological polar surface area (TPSA) is 69.6 Å². The van der Waals surface area contributed by atoms with Gasteiger partial charge >= 0.3 is 0 Å². The van der Waals surface area contributed by atoms with Crippen molar-refractivity contribution >= 4 is 40.3 Å². The lowest BCUT2D eigenvalue weighted by Gasteiger charge is -2.08. The molecule has 0 bridgehead atoms. The van der Waals surface area contributed by atoms with E-state index in [1.165, 1.54) is 18.1 Å². The minimum Gasteiger partial charge on any atom is -0.382 e. The second-order valence-corrected chi connectivity index (χ2v) is 6.74. The van der Waals surface area contributed by atoms with Gasteiger partial charge in [0.1, 0.15) is 6.33 Å². The van der Waals surface area contributed by atoms with Crippen molar-refractivity contribution < 1.29 is 0 Å². The average Bonchev–Trinajstić information content (AvgIpc) is 2.91. The number of fused-ring (bicyclic) bond motifs is 1. The van der Waals surface area contributed by atoms with Crippen molar-refractivity contribution in [2.24, 2.45) is 0 Å². The smallest absolute Gasteiger partial charge is 0.175 e. The highest BCUT2D eigenvalue weighted by molar-refractivity contribution is 7.99. The van der Waals surface area contributed by atoms with E-state index in [2.05, 4.69) is 20.9 Å². The van der Waals surface area contributed by atoms with E-state index in [-0.39, 0.29) is 0 Å². The molecule has 0 atom stereocenters. The molecule has 0 radical (unpaired) electrons. The zero-order valence-corrected chi connectivity index (χ0v) is 14.7. The maximum atomic E-state index is 6.32. The van der Waals surface area contributed by atoms with Crippen LogP contribution >= 0.6 is 23.4 Å². The molecule has 7 heteroatoms. The lowest BCUT2D eigenvalue weighted by atomic mass is 10.2. The number of hydrogen-bond acceptors (Lipinski definition) is 5. The predicted octanol–water partition coefficient (Wildman–Crippen LogP) is 3.93. The molecule has 24 heavy (non-hydrogen) atoms. The normalized spacial score (nSPS) is 10.9. The summed E-state index contributed by atoms with van der Waals surface area (Å²) in [6.45, 7) is 2.74. The highest BCUT2D eigenvalue weighted by Crippen LogP contribution is 2.35. The Morgan fingerprint density at radius 3 is 3.00 bits per heavy atom. The number of imidazole rings is 1. The molecule has 0 saturated carbocycles. The molecule has 2 aromatic heterocycles. The quantitative estimate of drug-likeness (QED) is 0.553. The van der Waals surface area contributed by atoms with Gasteiger partial charge in [0, 0.05) is 17.9 Å². The van der Waals surface area contributed by atoms with Crippen LogP contribution < -0.4 is 5.73 Å². The lowest BCUT2D eigenvalue weighted by molar-refractivity contribution is 0.615. The Morgan fingerprint density at radius 1 is 1.38 bits per heavy atom. The number of terminal acetylenes is 1. The van der Waals surface area contributed by atoms with E-state index < -0.39 is 0 Å². The van der Waals surface area contributed by atoms with E-state index in [1.54, 1.807) is 0 Å². The van der Waals surface area contributed by atoms with E-state index in [0.29, 0.717) is 35.0 Å². The minimum absolute atomic E-state index is 0.368. The molecule has 1 aromatic carbocycles. The second-order valence-electron chi connectivity index (χ2n) is 5.32. The lowest BCUT2D eigenvalue weighted by Crippen LogP contribution is -2.01. The van der Waals surface area contributed by atoms with Crippen LogP contribution in [0.1, 0.15) is 18.4 Å². The van der Waals surface area contributed by atoms with Crippen LogP contribution in [0.5, 0.6) is 0 Å². The largest absolute Gasteiger partial charge is 0.382 e. The standard InChI is InChI=1S/C17H16ClN5S/c1-3-4-5-8-23-16-14(15(19)20-10-21-16)22-17(23)24-13-9-11(2)6-7-12(13)18/h1,6-7,9-10H,4-5,8H2,2H3,(H2,19,20,21). The number of anilines is 1. The van der Waals surface area contributed by atoms with Gasteiger partial charge in [-0.05, 0) is 42.8 Å². The Balaban J connectivity index is 2.05. The molecule has 2 N–H and O–H groups in total. The van der Waals surface area contributed by atoms with Gasteiger partial charge in [0.25, 0.3) is 0 Å². The van der Waals surface area contributed by atoms with Gasteiger partial charge in [-0.15, -0.1) is 12.3 Å². The molecule has 3 rings (SSSR count). The third kappa shape index (κ3) is 3.32. The van der Waals surface area contributed by atoms with Gasteiger partial charge < -0.3 is 10.3 Å². The van der Waals surface area contributed by atoms with Crippen LogP contribution in [0.25, 0.3) is 11.2 Å². The fraction of sp³-hybridized carbons (Fsp3) is 0.235. The summed E-state index contributed by atoms with van der Waals surface area (Å²) in [5.41, 5.74) is 8.40. The van der Waals surface area contributed by atoms with Crippen LogP contribution in [0.3, 0.4) is 0 Å². The Kier molecular flexibility index (Phi) is 4.93. The predicted molar refractivity (Wildman–Crippen MR) is 98.1 cm³/mol. The van der Waals surface area contributed by atoms with Crippen molar-refractivity contribution in [1.82, 2.24) is 19.5 Å². The number of aromatic nitrogens is 4. The van der Waals surface area contributed by atoms with Gasteiger partial charge in [-0.1, -0.05) is 17.7 Å². The SMILES string of the molecule is C#CCCCn1c(Sc2cc(C)ccc2Cl)nc2c(N)ncnc21. The fourth-order valence-electron chi connectivity index (χ4n) is 2.34. The van der Waals surface area contributed by atoms with Gasteiger partial charge in [0.05, 0.1) is 5.02 Å². The zero-order valence-electron chi connectivity index (χ0n) is 13.2. The zero-order chi connectivity index (χ0) is 17.1. The molecule has 0 saturated heterocycles. The third-order valence-electron chi connectivity index (χ3n) is 3.52. The van der Waals surface area contributed by atoms with E-state index in [9.17, 15) is 0 Å². The molecule has 0 spiro atoms. The highest BCUT2D eigenvalue weighted by atomic mass is 35.5. The molecule has 0 unspecified atom stereocenters. The third-order valence-corrected chi connectivity index (χ3v) is 5.01. The van der Waals surface area contributed by atoms with Gasteiger partial charge in [-0.2, -0.15) is 0 Å². The molecule has 2 heterocycles. The number of nitrogen functional groups attached to an aromatic ring is 1. The Hall–Kier alpha value is -2.23. The Morgan fingerprint density at radius 2 is 2.21 bits per heavy atom. The maximum Gasteiger partial charge on any atom is 0.175 e. The van der Waals surface area contributed by atoms with Crippen molar-refractivity contribution in [1.29, 1.82) is 0 Å². The van der Waals surface area contributed by atoms with Crippen LogP contribution in [0.4, 0.5) is 5.82 Å². The molecule has 0 aliphatic carbocycles. The first-order valence-corrected chi connectivity index (χ1v) is 8.63. The second kappa shape index (κ2) is 7.12. The molecular weight excluding hydrogens is 342 g/mol. The molecule has 0 fully saturated rings. The first kappa shape index (κ1) is 16.6. The fourth-order valence-corrected chi connectivity index (χ4v) is 3.61. The Bertz CT molecular complexity index is 929. The maximum absolute atomic E-state index is 6.32. The number of nitrogens with zero attached hydrogens (tertiary/aromatic N) is 4. The van der Waals surface area contributed by atoms with Crippen LogP contribution in [0.2, 0.25) is 5.02 Å².